The molecule has 2 aliphatic heterocycles. The summed E-state index contributed by atoms with van der Waals surface area (Å²) in [6.07, 6.45) is 12.9. The lowest BCUT2D eigenvalue weighted by molar-refractivity contribution is 0.512. The van der Waals surface area contributed by atoms with Gasteiger partial charge in [-0.05, 0) is 99.8 Å². The molecule has 0 saturated heterocycles. The molecule has 2 aliphatic rings. The molecule has 3 aromatic carbocycles. The molecule has 2 nitrogen and oxygen atoms in total. The normalized spacial score (nSPS) is 15.5. The first-order valence-electron chi connectivity index (χ1n) is 11.5. The molecule has 33 heavy (non-hydrogen) atoms. The van der Waals surface area contributed by atoms with Gasteiger partial charge in [0.1, 0.15) is 0 Å². The first kappa shape index (κ1) is 21.1. The zero-order valence-corrected chi connectivity index (χ0v) is 19.6. The van der Waals surface area contributed by atoms with E-state index in [4.69, 9.17) is 0 Å². The van der Waals surface area contributed by atoms with Crippen molar-refractivity contribution in [2.45, 2.75) is 6.92 Å². The lowest BCUT2D eigenvalue weighted by Crippen LogP contribution is -2.15. The Bertz CT molecular complexity index is 1210. The molecule has 0 aromatic heterocycles. The SMILES string of the molecule is Cc1cc(-c2cccc(C3=CC=CN(C)C3)c2)cc(-c2cccc(C3=CC=CN(C)C3)c2)c1. The summed E-state index contributed by atoms with van der Waals surface area (Å²) in [5.41, 5.74) is 11.6. The minimum absolute atomic E-state index is 0.937. The van der Waals surface area contributed by atoms with Crippen LogP contribution in [0.25, 0.3) is 33.4 Å². The summed E-state index contributed by atoms with van der Waals surface area (Å²) in [7, 11) is 4.23. The smallest absolute Gasteiger partial charge is 0.0426 e. The number of allylic oxidation sites excluding steroid dienone is 4. The maximum atomic E-state index is 2.33. The molecule has 0 atom stereocenters. The summed E-state index contributed by atoms with van der Waals surface area (Å²) in [4.78, 5) is 4.43. The van der Waals surface area contributed by atoms with Gasteiger partial charge in [0.25, 0.3) is 0 Å². The minimum atomic E-state index is 0.937. The third-order valence-corrected chi connectivity index (χ3v) is 6.33. The van der Waals surface area contributed by atoms with Crippen LogP contribution in [-0.4, -0.2) is 37.0 Å². The third-order valence-electron chi connectivity index (χ3n) is 6.33. The molecule has 0 radical (unpaired) electrons. The van der Waals surface area contributed by atoms with Gasteiger partial charge in [-0.2, -0.15) is 0 Å². The summed E-state index contributed by atoms with van der Waals surface area (Å²) >= 11 is 0. The largest absolute Gasteiger partial charge is 0.376 e. The third kappa shape index (κ3) is 4.70. The molecule has 0 aliphatic carbocycles. The number of aryl methyl sites for hydroxylation is 1. The fraction of sp³-hybridized carbons (Fsp3) is 0.161. The Morgan fingerprint density at radius 3 is 1.42 bits per heavy atom. The molecule has 0 spiro atoms. The number of hydrogen-bond donors (Lipinski definition) is 0. The Balaban J connectivity index is 1.50. The van der Waals surface area contributed by atoms with E-state index < -0.39 is 0 Å². The minimum Gasteiger partial charge on any atom is -0.376 e. The predicted molar refractivity (Wildman–Crippen MR) is 142 cm³/mol. The quantitative estimate of drug-likeness (QED) is 0.439. The fourth-order valence-electron chi connectivity index (χ4n) is 4.65. The summed E-state index contributed by atoms with van der Waals surface area (Å²) in [5, 5.41) is 0. The predicted octanol–water partition coefficient (Wildman–Crippen LogP) is 7.01. The van der Waals surface area contributed by atoms with Crippen LogP contribution in [0.1, 0.15) is 16.7 Å². The van der Waals surface area contributed by atoms with Crippen molar-refractivity contribution in [3.05, 3.63) is 120 Å². The Morgan fingerprint density at radius 2 is 0.970 bits per heavy atom. The van der Waals surface area contributed by atoms with Crippen LogP contribution < -0.4 is 0 Å². The monoisotopic (exact) mass is 430 g/mol. The number of hydrogen-bond acceptors (Lipinski definition) is 2. The van der Waals surface area contributed by atoms with Crippen LogP contribution in [0.4, 0.5) is 0 Å². The van der Waals surface area contributed by atoms with Crippen LogP contribution in [0.5, 0.6) is 0 Å². The number of nitrogens with zero attached hydrogens (tertiary/aromatic N) is 2. The maximum absolute atomic E-state index is 2.33. The summed E-state index contributed by atoms with van der Waals surface area (Å²) in [6.45, 7) is 4.06. The Morgan fingerprint density at radius 1 is 0.545 bits per heavy atom. The first-order valence-corrected chi connectivity index (χ1v) is 11.5. The van der Waals surface area contributed by atoms with Crippen molar-refractivity contribution >= 4 is 11.1 Å². The van der Waals surface area contributed by atoms with Gasteiger partial charge >= 0.3 is 0 Å². The zero-order chi connectivity index (χ0) is 22.8. The molecule has 0 amide bonds. The highest BCUT2D eigenvalue weighted by molar-refractivity contribution is 5.80. The lowest BCUT2D eigenvalue weighted by Gasteiger charge is -2.21. The number of rotatable bonds is 4. The van der Waals surface area contributed by atoms with Crippen LogP contribution in [0.15, 0.2) is 103 Å². The highest BCUT2D eigenvalue weighted by Gasteiger charge is 2.11. The van der Waals surface area contributed by atoms with Crippen LogP contribution in [0.3, 0.4) is 0 Å². The van der Waals surface area contributed by atoms with E-state index in [-0.39, 0.29) is 0 Å². The molecule has 0 N–H and O–H groups in total. The van der Waals surface area contributed by atoms with Crippen molar-refractivity contribution in [3.63, 3.8) is 0 Å². The average Bonchev–Trinajstić information content (AvgIpc) is 2.84. The van der Waals surface area contributed by atoms with Gasteiger partial charge in [0.2, 0.25) is 0 Å². The van der Waals surface area contributed by atoms with Gasteiger partial charge in [0.05, 0.1) is 0 Å². The molecule has 5 rings (SSSR count). The average molecular weight is 431 g/mol. The summed E-state index contributed by atoms with van der Waals surface area (Å²) < 4.78 is 0. The van der Waals surface area contributed by atoms with Gasteiger partial charge in [-0.1, -0.05) is 60.7 Å². The molecule has 2 heteroatoms. The number of benzene rings is 3. The van der Waals surface area contributed by atoms with E-state index in [2.05, 4.69) is 134 Å². The van der Waals surface area contributed by atoms with Crippen LogP contribution in [0, 0.1) is 6.92 Å². The van der Waals surface area contributed by atoms with Gasteiger partial charge in [0, 0.05) is 27.2 Å². The van der Waals surface area contributed by atoms with Crippen LogP contribution >= 0.6 is 0 Å². The standard InChI is InChI=1S/C31H30N2/c1-23-16-30(26-10-4-8-24(18-26)28-12-6-14-32(2)21-28)20-31(17-23)27-11-5-9-25(19-27)29-13-7-15-33(3)22-29/h4-20H,21-22H2,1-3H3. The van der Waals surface area contributed by atoms with Gasteiger partial charge in [-0.15, -0.1) is 0 Å². The second kappa shape index (κ2) is 8.99. The number of likely N-dealkylation sites (N-methyl/N-ethyl adjacent to an activating group) is 2. The van der Waals surface area contributed by atoms with Crippen LogP contribution in [-0.2, 0) is 0 Å². The van der Waals surface area contributed by atoms with Crippen molar-refractivity contribution in [1.29, 1.82) is 0 Å². The second-order valence-corrected chi connectivity index (χ2v) is 9.15. The van der Waals surface area contributed by atoms with Crippen molar-refractivity contribution < 1.29 is 0 Å². The molecule has 0 bridgehead atoms. The molecule has 2 heterocycles. The molecular formula is C31H30N2. The summed E-state index contributed by atoms with van der Waals surface area (Å²) in [6, 6.07) is 24.8. The maximum Gasteiger partial charge on any atom is 0.0426 e. The Hall–Kier alpha value is -3.78. The van der Waals surface area contributed by atoms with E-state index in [0.717, 1.165) is 13.1 Å². The van der Waals surface area contributed by atoms with Crippen molar-refractivity contribution in [3.8, 4) is 22.3 Å². The van der Waals surface area contributed by atoms with E-state index in [1.807, 2.05) is 0 Å². The Labute approximate surface area is 197 Å². The first-order chi connectivity index (χ1) is 16.0. The second-order valence-electron chi connectivity index (χ2n) is 9.15. The molecule has 0 saturated carbocycles. The van der Waals surface area contributed by atoms with Gasteiger partial charge in [-0.3, -0.25) is 0 Å². The van der Waals surface area contributed by atoms with E-state index in [1.165, 1.54) is 50.1 Å². The molecule has 0 fully saturated rings. The van der Waals surface area contributed by atoms with E-state index >= 15 is 0 Å². The van der Waals surface area contributed by atoms with E-state index in [0.29, 0.717) is 0 Å². The molecule has 164 valence electrons. The highest BCUT2D eigenvalue weighted by Crippen LogP contribution is 2.32. The van der Waals surface area contributed by atoms with E-state index in [9.17, 15) is 0 Å². The van der Waals surface area contributed by atoms with Gasteiger partial charge in [0.15, 0.2) is 0 Å². The molecule has 0 unspecified atom stereocenters. The highest BCUT2D eigenvalue weighted by atomic mass is 15.1. The molecular weight excluding hydrogens is 400 g/mol. The zero-order valence-electron chi connectivity index (χ0n) is 19.6. The van der Waals surface area contributed by atoms with E-state index in [1.54, 1.807) is 0 Å². The van der Waals surface area contributed by atoms with Crippen molar-refractivity contribution in [2.24, 2.45) is 0 Å². The van der Waals surface area contributed by atoms with Gasteiger partial charge in [-0.25, -0.2) is 0 Å². The lowest BCUT2D eigenvalue weighted by atomic mass is 9.92. The Kier molecular flexibility index (Phi) is 5.75. The van der Waals surface area contributed by atoms with Crippen molar-refractivity contribution in [1.82, 2.24) is 9.80 Å². The van der Waals surface area contributed by atoms with Gasteiger partial charge < -0.3 is 9.80 Å². The fourth-order valence-corrected chi connectivity index (χ4v) is 4.65. The summed E-state index contributed by atoms with van der Waals surface area (Å²) in [5.74, 6) is 0. The topological polar surface area (TPSA) is 6.48 Å². The van der Waals surface area contributed by atoms with Crippen molar-refractivity contribution in [2.75, 3.05) is 27.2 Å². The molecule has 3 aromatic rings. The van der Waals surface area contributed by atoms with Crippen LogP contribution in [0.2, 0.25) is 0 Å².